The Kier molecular flexibility index (Phi) is 5.62. The van der Waals surface area contributed by atoms with Gasteiger partial charge >= 0.3 is 0 Å². The summed E-state index contributed by atoms with van der Waals surface area (Å²) in [7, 11) is 0. The Morgan fingerprint density at radius 3 is 2.17 bits per heavy atom. The zero-order valence-electron chi connectivity index (χ0n) is 11.9. The monoisotopic (exact) mass is 250 g/mol. The molecular weight excluding hydrogens is 228 g/mol. The Morgan fingerprint density at radius 2 is 1.83 bits per heavy atom. The maximum absolute atomic E-state index is 5.23. The summed E-state index contributed by atoms with van der Waals surface area (Å²) in [5, 5.41) is 0. The Bertz CT molecular complexity index is 458. The average Bonchev–Trinajstić information content (AvgIpc) is 2.89. The molecule has 2 heterocycles. The van der Waals surface area contributed by atoms with Crippen LogP contribution in [0.5, 0.6) is 0 Å². The molecule has 2 aromatic rings. The molecular formula is C14H22N2O2. The van der Waals surface area contributed by atoms with E-state index in [9.17, 15) is 0 Å². The molecule has 0 aromatic carbocycles. The molecule has 4 nitrogen and oxygen atoms in total. The van der Waals surface area contributed by atoms with E-state index in [1.54, 1.807) is 12.4 Å². The van der Waals surface area contributed by atoms with E-state index < -0.39 is 0 Å². The van der Waals surface area contributed by atoms with Crippen molar-refractivity contribution >= 4 is 0 Å². The second-order valence-corrected chi connectivity index (χ2v) is 4.56. The topological polar surface area (TPSA) is 52.1 Å². The molecule has 0 radical (unpaired) electrons. The smallest absolute Gasteiger partial charge is 0.196 e. The summed E-state index contributed by atoms with van der Waals surface area (Å²) in [5.41, 5.74) is 0. The van der Waals surface area contributed by atoms with Gasteiger partial charge in [0.2, 0.25) is 0 Å². The molecule has 0 atom stereocenters. The van der Waals surface area contributed by atoms with E-state index in [4.69, 9.17) is 8.83 Å². The zero-order valence-corrected chi connectivity index (χ0v) is 11.9. The molecule has 0 saturated heterocycles. The van der Waals surface area contributed by atoms with Crippen LogP contribution in [0.15, 0.2) is 21.2 Å². The number of aryl methyl sites for hydroxylation is 3. The predicted molar refractivity (Wildman–Crippen MR) is 70.6 cm³/mol. The highest BCUT2D eigenvalue weighted by molar-refractivity contribution is 4.94. The van der Waals surface area contributed by atoms with Crippen molar-refractivity contribution in [2.75, 3.05) is 0 Å². The third kappa shape index (κ3) is 4.73. The first-order valence-corrected chi connectivity index (χ1v) is 6.36. The number of aromatic nitrogens is 2. The highest BCUT2D eigenvalue weighted by Gasteiger charge is 2.03. The van der Waals surface area contributed by atoms with Crippen LogP contribution >= 0.6 is 0 Å². The van der Waals surface area contributed by atoms with Gasteiger partial charge in [0.1, 0.15) is 11.5 Å². The number of rotatable bonds is 3. The van der Waals surface area contributed by atoms with Gasteiger partial charge in [0, 0.05) is 19.3 Å². The number of hydrogen-bond donors (Lipinski definition) is 0. The lowest BCUT2D eigenvalue weighted by Gasteiger charge is -1.93. The lowest BCUT2D eigenvalue weighted by Crippen LogP contribution is -1.84. The molecule has 0 amide bonds. The van der Waals surface area contributed by atoms with Crippen LogP contribution in [-0.2, 0) is 6.42 Å². The van der Waals surface area contributed by atoms with Crippen molar-refractivity contribution in [3.05, 3.63) is 35.7 Å². The van der Waals surface area contributed by atoms with E-state index in [2.05, 4.69) is 30.7 Å². The zero-order chi connectivity index (χ0) is 13.5. The third-order valence-corrected chi connectivity index (χ3v) is 2.30. The van der Waals surface area contributed by atoms with Gasteiger partial charge in [-0.3, -0.25) is 0 Å². The molecule has 0 saturated carbocycles. The molecule has 2 rings (SSSR count). The minimum Gasteiger partial charge on any atom is -0.446 e. The molecule has 0 N–H and O–H groups in total. The summed E-state index contributed by atoms with van der Waals surface area (Å²) in [6, 6.07) is 0. The van der Waals surface area contributed by atoms with E-state index in [0.717, 1.165) is 36.1 Å². The van der Waals surface area contributed by atoms with Gasteiger partial charge in [0.25, 0.3) is 0 Å². The van der Waals surface area contributed by atoms with Crippen molar-refractivity contribution in [1.82, 2.24) is 9.97 Å². The van der Waals surface area contributed by atoms with E-state index in [0.29, 0.717) is 5.92 Å². The summed E-state index contributed by atoms with van der Waals surface area (Å²) in [4.78, 5) is 8.02. The molecule has 2 aromatic heterocycles. The Hall–Kier alpha value is -1.58. The molecule has 18 heavy (non-hydrogen) atoms. The molecule has 4 heteroatoms. The molecule has 0 bridgehead atoms. The number of oxazole rings is 2. The van der Waals surface area contributed by atoms with Crippen LogP contribution in [0.2, 0.25) is 0 Å². The van der Waals surface area contributed by atoms with Gasteiger partial charge in [-0.15, -0.1) is 0 Å². The van der Waals surface area contributed by atoms with Crippen LogP contribution in [0, 0.1) is 13.8 Å². The third-order valence-electron chi connectivity index (χ3n) is 2.30. The van der Waals surface area contributed by atoms with Gasteiger partial charge in [-0.2, -0.15) is 0 Å². The van der Waals surface area contributed by atoms with Crippen molar-refractivity contribution < 1.29 is 8.83 Å². The van der Waals surface area contributed by atoms with Gasteiger partial charge in [0.15, 0.2) is 11.8 Å². The van der Waals surface area contributed by atoms with Crippen molar-refractivity contribution in [2.24, 2.45) is 0 Å². The number of hydrogen-bond acceptors (Lipinski definition) is 4. The van der Waals surface area contributed by atoms with Gasteiger partial charge in [0.05, 0.1) is 12.4 Å². The summed E-state index contributed by atoms with van der Waals surface area (Å²) in [5.74, 6) is 3.87. The largest absolute Gasteiger partial charge is 0.446 e. The standard InChI is InChI=1S/2C7H11NO/c1-5(2)7-8-4-6(3)9-7;1-3-4-7-5-8-6(2)9-7/h4-5H,1-3H3;5H,3-4H2,1-2H3. The fourth-order valence-corrected chi connectivity index (χ4v) is 1.41. The van der Waals surface area contributed by atoms with Crippen LogP contribution in [0.4, 0.5) is 0 Å². The molecule has 0 spiro atoms. The van der Waals surface area contributed by atoms with Gasteiger partial charge in [-0.1, -0.05) is 20.8 Å². The van der Waals surface area contributed by atoms with Gasteiger partial charge in [-0.25, -0.2) is 9.97 Å². The Labute approximate surface area is 108 Å². The van der Waals surface area contributed by atoms with Gasteiger partial charge < -0.3 is 8.83 Å². The van der Waals surface area contributed by atoms with Crippen molar-refractivity contribution in [1.29, 1.82) is 0 Å². The minimum absolute atomic E-state index is 0.402. The predicted octanol–water partition coefficient (Wildman–Crippen LogP) is 4.04. The summed E-state index contributed by atoms with van der Waals surface area (Å²) in [6.45, 7) is 10.0. The summed E-state index contributed by atoms with van der Waals surface area (Å²) < 4.78 is 10.4. The molecule has 0 aliphatic rings. The van der Waals surface area contributed by atoms with Crippen LogP contribution in [0.25, 0.3) is 0 Å². The van der Waals surface area contributed by atoms with Crippen molar-refractivity contribution in [3.63, 3.8) is 0 Å². The first-order chi connectivity index (χ1) is 8.52. The van der Waals surface area contributed by atoms with E-state index >= 15 is 0 Å². The van der Waals surface area contributed by atoms with Crippen LogP contribution < -0.4 is 0 Å². The molecule has 0 unspecified atom stereocenters. The quantitative estimate of drug-likeness (QED) is 0.824. The van der Waals surface area contributed by atoms with E-state index in [1.807, 2.05) is 13.8 Å². The fraction of sp³-hybridized carbons (Fsp3) is 0.571. The first kappa shape index (κ1) is 14.5. The maximum atomic E-state index is 5.23. The first-order valence-electron chi connectivity index (χ1n) is 6.36. The molecule has 100 valence electrons. The highest BCUT2D eigenvalue weighted by Crippen LogP contribution is 2.12. The highest BCUT2D eigenvalue weighted by atomic mass is 16.4. The van der Waals surface area contributed by atoms with Gasteiger partial charge in [-0.05, 0) is 13.3 Å². The minimum atomic E-state index is 0.402. The number of nitrogens with zero attached hydrogens (tertiary/aromatic N) is 2. The Morgan fingerprint density at radius 1 is 1.11 bits per heavy atom. The van der Waals surface area contributed by atoms with E-state index in [-0.39, 0.29) is 0 Å². The van der Waals surface area contributed by atoms with E-state index in [1.165, 1.54) is 0 Å². The molecule has 0 aliphatic carbocycles. The van der Waals surface area contributed by atoms with Crippen molar-refractivity contribution in [2.45, 2.75) is 53.4 Å². The fourth-order valence-electron chi connectivity index (χ4n) is 1.41. The van der Waals surface area contributed by atoms with Crippen LogP contribution in [0.3, 0.4) is 0 Å². The Balaban J connectivity index is 0.000000180. The lowest BCUT2D eigenvalue weighted by molar-refractivity contribution is 0.450. The molecule has 0 aliphatic heterocycles. The van der Waals surface area contributed by atoms with Crippen LogP contribution in [0.1, 0.15) is 56.4 Å². The second kappa shape index (κ2) is 6.99. The lowest BCUT2D eigenvalue weighted by atomic mass is 10.2. The summed E-state index contributed by atoms with van der Waals surface area (Å²) >= 11 is 0. The second-order valence-electron chi connectivity index (χ2n) is 4.56. The van der Waals surface area contributed by atoms with Crippen molar-refractivity contribution in [3.8, 4) is 0 Å². The van der Waals surface area contributed by atoms with Crippen LogP contribution in [-0.4, -0.2) is 9.97 Å². The SMILES string of the molecule is CCCc1cnc(C)o1.Cc1cnc(C(C)C)o1. The summed E-state index contributed by atoms with van der Waals surface area (Å²) in [6.07, 6.45) is 5.66. The maximum Gasteiger partial charge on any atom is 0.196 e. The molecule has 0 fully saturated rings. The normalized spacial score (nSPS) is 10.3. The average molecular weight is 250 g/mol.